The van der Waals surface area contributed by atoms with Crippen LogP contribution in [0.3, 0.4) is 0 Å². The minimum Gasteiger partial charge on any atom is -0.459 e. The van der Waals surface area contributed by atoms with Crippen molar-refractivity contribution in [3.8, 4) is 11.1 Å². The number of benzene rings is 7. The topological polar surface area (TPSA) is 16.4 Å². The van der Waals surface area contributed by atoms with Gasteiger partial charge < -0.3 is 9.32 Å². The van der Waals surface area contributed by atoms with E-state index in [0.717, 1.165) is 38.3 Å². The molecule has 0 saturated carbocycles. The Kier molecular flexibility index (Phi) is 6.22. The molecular weight excluding hydrogens is 626 g/mol. The number of para-hydroxylation sites is 1. The average Bonchev–Trinajstić information content (AvgIpc) is 3.63. The van der Waals surface area contributed by atoms with Gasteiger partial charge in [-0.25, -0.2) is 0 Å². The predicted molar refractivity (Wildman–Crippen MR) is 193 cm³/mol. The number of nitrogens with zero attached hydrogens (tertiary/aromatic N) is 1. The Hall–Kier alpha value is -5.38. The molecule has 218 valence electrons. The number of anilines is 3. The molecule has 1 heterocycles. The molecule has 0 aliphatic heterocycles. The molecule has 9 rings (SSSR count). The summed E-state index contributed by atoms with van der Waals surface area (Å²) in [4.78, 5) is 2.38. The molecule has 0 radical (unpaired) electrons. The largest absolute Gasteiger partial charge is 0.459 e. The van der Waals surface area contributed by atoms with E-state index in [4.69, 9.17) is 4.42 Å². The summed E-state index contributed by atoms with van der Waals surface area (Å²) in [5.74, 6) is 0.971. The lowest BCUT2D eigenvalue weighted by Crippen LogP contribution is -2.28. The van der Waals surface area contributed by atoms with Crippen LogP contribution in [0.2, 0.25) is 0 Å². The summed E-state index contributed by atoms with van der Waals surface area (Å²) in [5.41, 5.74) is 9.51. The van der Waals surface area contributed by atoms with Crippen molar-refractivity contribution in [1.82, 2.24) is 0 Å². The molecule has 0 amide bonds. The van der Waals surface area contributed by atoms with Gasteiger partial charge in [0.25, 0.3) is 0 Å². The summed E-state index contributed by atoms with van der Waals surface area (Å²) in [7, 11) is 0. The van der Waals surface area contributed by atoms with Gasteiger partial charge in [-0.15, -0.1) is 0 Å². The zero-order valence-electron chi connectivity index (χ0n) is 24.9. The van der Waals surface area contributed by atoms with Gasteiger partial charge in [0.05, 0.1) is 5.69 Å². The standard InChI is InChI=1S/C43H28BrNO/c44-32-22-24-33(25-23-32)45(39-20-11-13-29-12-7-8-18-35(29)39)34-26-27-36-38(28-34)43(30-14-3-1-4-15-30,31-16-5-2-6-17-31)42-41(36)37-19-9-10-21-40(37)46-42/h1-28H. The third-order valence-electron chi connectivity index (χ3n) is 9.38. The highest BCUT2D eigenvalue weighted by Gasteiger charge is 2.50. The van der Waals surface area contributed by atoms with Gasteiger partial charge in [-0.3, -0.25) is 0 Å². The van der Waals surface area contributed by atoms with E-state index in [1.54, 1.807) is 0 Å². The fourth-order valence-corrected chi connectivity index (χ4v) is 7.70. The van der Waals surface area contributed by atoms with E-state index < -0.39 is 5.41 Å². The molecule has 3 heteroatoms. The van der Waals surface area contributed by atoms with Crippen LogP contribution in [0.1, 0.15) is 22.5 Å². The maximum absolute atomic E-state index is 6.94. The van der Waals surface area contributed by atoms with Crippen molar-refractivity contribution in [2.75, 3.05) is 4.90 Å². The van der Waals surface area contributed by atoms with Gasteiger partial charge in [-0.2, -0.15) is 0 Å². The first-order valence-electron chi connectivity index (χ1n) is 15.5. The van der Waals surface area contributed by atoms with Gasteiger partial charge >= 0.3 is 0 Å². The fraction of sp³-hybridized carbons (Fsp3) is 0.0233. The summed E-state index contributed by atoms with van der Waals surface area (Å²) in [5, 5.41) is 3.54. The SMILES string of the molecule is Brc1ccc(N(c2ccc3c(c2)C(c2ccccc2)(c2ccccc2)c2oc4ccccc4c2-3)c2cccc3ccccc23)cc1. The van der Waals surface area contributed by atoms with E-state index >= 15 is 0 Å². The lowest BCUT2D eigenvalue weighted by molar-refractivity contribution is 0.502. The summed E-state index contributed by atoms with van der Waals surface area (Å²) >= 11 is 3.66. The van der Waals surface area contributed by atoms with E-state index in [9.17, 15) is 0 Å². The van der Waals surface area contributed by atoms with Crippen LogP contribution in [0, 0.1) is 0 Å². The highest BCUT2D eigenvalue weighted by Crippen LogP contribution is 2.60. The summed E-state index contributed by atoms with van der Waals surface area (Å²) in [6.07, 6.45) is 0. The molecule has 7 aromatic carbocycles. The first-order chi connectivity index (χ1) is 22.7. The molecule has 0 spiro atoms. The van der Waals surface area contributed by atoms with Gasteiger partial charge in [-0.1, -0.05) is 137 Å². The molecule has 0 N–H and O–H groups in total. The molecule has 0 saturated heterocycles. The molecule has 46 heavy (non-hydrogen) atoms. The third kappa shape index (κ3) is 3.95. The maximum atomic E-state index is 6.94. The maximum Gasteiger partial charge on any atom is 0.135 e. The third-order valence-corrected chi connectivity index (χ3v) is 9.91. The molecule has 2 nitrogen and oxygen atoms in total. The van der Waals surface area contributed by atoms with Crippen molar-refractivity contribution in [3.05, 3.63) is 197 Å². The lowest BCUT2D eigenvalue weighted by atomic mass is 9.70. The normalized spacial score (nSPS) is 13.1. The van der Waals surface area contributed by atoms with Crippen LogP contribution >= 0.6 is 15.9 Å². The molecular formula is C43H28BrNO. The van der Waals surface area contributed by atoms with E-state index in [-0.39, 0.29) is 0 Å². The molecule has 8 aromatic rings. The van der Waals surface area contributed by atoms with Crippen LogP contribution in [-0.2, 0) is 5.41 Å². The summed E-state index contributed by atoms with van der Waals surface area (Å²) < 4.78 is 7.99. The predicted octanol–water partition coefficient (Wildman–Crippen LogP) is 12.2. The van der Waals surface area contributed by atoms with Crippen LogP contribution in [0.25, 0.3) is 32.9 Å². The van der Waals surface area contributed by atoms with Crippen LogP contribution in [0.4, 0.5) is 17.1 Å². The molecule has 1 aliphatic rings. The zero-order chi connectivity index (χ0) is 30.7. The second kappa shape index (κ2) is 10.6. The van der Waals surface area contributed by atoms with Crippen molar-refractivity contribution in [2.24, 2.45) is 0 Å². The van der Waals surface area contributed by atoms with Crippen molar-refractivity contribution >= 4 is 54.7 Å². The smallest absolute Gasteiger partial charge is 0.135 e. The van der Waals surface area contributed by atoms with Gasteiger partial charge in [0, 0.05) is 32.2 Å². The highest BCUT2D eigenvalue weighted by atomic mass is 79.9. The molecule has 0 fully saturated rings. The van der Waals surface area contributed by atoms with Gasteiger partial charge in [-0.05, 0) is 76.2 Å². The number of hydrogen-bond donors (Lipinski definition) is 0. The Morgan fingerprint density at radius 1 is 0.522 bits per heavy atom. The van der Waals surface area contributed by atoms with Gasteiger partial charge in [0.1, 0.15) is 16.8 Å². The van der Waals surface area contributed by atoms with Crippen LogP contribution in [0.5, 0.6) is 0 Å². The minimum atomic E-state index is -0.646. The Bertz CT molecular complexity index is 2330. The summed E-state index contributed by atoms with van der Waals surface area (Å²) in [6.45, 7) is 0. The van der Waals surface area contributed by atoms with Crippen molar-refractivity contribution in [2.45, 2.75) is 5.41 Å². The molecule has 0 bridgehead atoms. The molecule has 1 aliphatic carbocycles. The highest BCUT2D eigenvalue weighted by molar-refractivity contribution is 9.10. The fourth-order valence-electron chi connectivity index (χ4n) is 7.44. The Balaban J connectivity index is 1.39. The van der Waals surface area contributed by atoms with E-state index in [2.05, 4.69) is 191 Å². The van der Waals surface area contributed by atoms with Crippen molar-refractivity contribution < 1.29 is 4.42 Å². The Morgan fingerprint density at radius 2 is 1.13 bits per heavy atom. The monoisotopic (exact) mass is 653 g/mol. The molecule has 1 aromatic heterocycles. The Labute approximate surface area is 276 Å². The molecule has 0 atom stereocenters. The second-order valence-corrected chi connectivity index (χ2v) is 12.7. The van der Waals surface area contributed by atoms with Crippen LogP contribution in [0.15, 0.2) is 179 Å². The number of halogens is 1. The quantitative estimate of drug-likeness (QED) is 0.184. The number of hydrogen-bond acceptors (Lipinski definition) is 2. The number of rotatable bonds is 5. The molecule has 0 unspecified atom stereocenters. The van der Waals surface area contributed by atoms with E-state index in [1.165, 1.54) is 38.6 Å². The van der Waals surface area contributed by atoms with E-state index in [1.807, 2.05) is 0 Å². The summed E-state index contributed by atoms with van der Waals surface area (Å²) in [6, 6.07) is 60.8. The number of fused-ring (bicyclic) bond motifs is 6. The zero-order valence-corrected chi connectivity index (χ0v) is 26.5. The Morgan fingerprint density at radius 3 is 1.87 bits per heavy atom. The van der Waals surface area contributed by atoms with Crippen LogP contribution < -0.4 is 4.90 Å². The van der Waals surface area contributed by atoms with Gasteiger partial charge in [0.2, 0.25) is 0 Å². The second-order valence-electron chi connectivity index (χ2n) is 11.8. The lowest BCUT2D eigenvalue weighted by Gasteiger charge is -2.33. The van der Waals surface area contributed by atoms with E-state index in [0.29, 0.717) is 0 Å². The van der Waals surface area contributed by atoms with Crippen LogP contribution in [-0.4, -0.2) is 0 Å². The first kappa shape index (κ1) is 27.0. The van der Waals surface area contributed by atoms with Crippen molar-refractivity contribution in [1.29, 1.82) is 0 Å². The number of furan rings is 1. The van der Waals surface area contributed by atoms with Crippen molar-refractivity contribution in [3.63, 3.8) is 0 Å². The first-order valence-corrected chi connectivity index (χ1v) is 16.3. The minimum absolute atomic E-state index is 0.646. The van der Waals surface area contributed by atoms with Gasteiger partial charge in [0.15, 0.2) is 0 Å². The average molecular weight is 655 g/mol.